The van der Waals surface area contributed by atoms with E-state index in [2.05, 4.69) is 48.0 Å². The molecule has 0 spiro atoms. The number of aliphatic hydroxyl groups excluding tert-OH is 1. The van der Waals surface area contributed by atoms with Crippen LogP contribution in [-0.4, -0.2) is 54.2 Å². The maximum atomic E-state index is 9.95. The summed E-state index contributed by atoms with van der Waals surface area (Å²) in [6.07, 6.45) is 0. The Hall–Kier alpha value is -1.88. The van der Waals surface area contributed by atoms with Gasteiger partial charge in [0.1, 0.15) is 12.4 Å². The van der Waals surface area contributed by atoms with Crippen LogP contribution in [0.15, 0.2) is 54.6 Å². The van der Waals surface area contributed by atoms with E-state index in [1.165, 1.54) is 0 Å². The molecule has 1 fully saturated rings. The van der Waals surface area contributed by atoms with E-state index in [1.807, 2.05) is 30.3 Å². The number of hydrogen-bond acceptors (Lipinski definition) is 4. The Morgan fingerprint density at radius 2 is 1.80 bits per heavy atom. The minimum atomic E-state index is 0.0480. The Morgan fingerprint density at radius 3 is 2.44 bits per heavy atom. The van der Waals surface area contributed by atoms with Gasteiger partial charge in [-0.25, -0.2) is 0 Å². The first kappa shape index (κ1) is 17.9. The second kappa shape index (κ2) is 8.48. The van der Waals surface area contributed by atoms with Crippen LogP contribution in [0.2, 0.25) is 0 Å². The number of benzene rings is 2. The van der Waals surface area contributed by atoms with Crippen LogP contribution in [0, 0.1) is 0 Å². The molecule has 2 aromatic rings. The lowest BCUT2D eigenvalue weighted by molar-refractivity contribution is 0.0341. The summed E-state index contributed by atoms with van der Waals surface area (Å²) in [4.78, 5) is 4.75. The molecule has 2 aromatic carbocycles. The molecule has 0 radical (unpaired) electrons. The molecule has 0 aliphatic carbocycles. The van der Waals surface area contributed by atoms with Crippen LogP contribution in [0.1, 0.15) is 24.1 Å². The molecule has 4 heteroatoms. The predicted octanol–water partition coefficient (Wildman–Crippen LogP) is 2.93. The van der Waals surface area contributed by atoms with Crippen LogP contribution >= 0.6 is 0 Å². The van der Waals surface area contributed by atoms with Gasteiger partial charge in [0.25, 0.3) is 0 Å². The van der Waals surface area contributed by atoms with Gasteiger partial charge in [-0.15, -0.1) is 0 Å². The fraction of sp³-hybridized carbons (Fsp3) is 0.429. The molecule has 0 bridgehead atoms. The Morgan fingerprint density at radius 1 is 1.08 bits per heavy atom. The van der Waals surface area contributed by atoms with E-state index in [0.717, 1.165) is 36.5 Å². The lowest BCUT2D eigenvalue weighted by Crippen LogP contribution is -2.52. The Labute approximate surface area is 150 Å². The third-order valence-corrected chi connectivity index (χ3v) is 4.97. The molecule has 0 aromatic heterocycles. The van der Waals surface area contributed by atoms with Gasteiger partial charge in [-0.2, -0.15) is 0 Å². The third kappa shape index (κ3) is 4.60. The number of hydrogen-bond donors (Lipinski definition) is 1. The van der Waals surface area contributed by atoms with Crippen LogP contribution in [0.3, 0.4) is 0 Å². The van der Waals surface area contributed by atoms with E-state index in [4.69, 9.17) is 4.74 Å². The zero-order valence-corrected chi connectivity index (χ0v) is 15.1. The maximum Gasteiger partial charge on any atom is 0.119 e. The molecule has 2 atom stereocenters. The summed E-state index contributed by atoms with van der Waals surface area (Å²) in [5, 5.41) is 9.95. The molecule has 4 nitrogen and oxygen atoms in total. The molecule has 2 unspecified atom stereocenters. The predicted molar refractivity (Wildman–Crippen MR) is 101 cm³/mol. The van der Waals surface area contributed by atoms with Crippen LogP contribution in [0.5, 0.6) is 5.75 Å². The molecule has 1 aliphatic heterocycles. The zero-order valence-electron chi connectivity index (χ0n) is 15.1. The second-order valence-electron chi connectivity index (χ2n) is 6.89. The molecule has 3 rings (SSSR count). The summed E-state index contributed by atoms with van der Waals surface area (Å²) in [6, 6.07) is 18.8. The van der Waals surface area contributed by atoms with Crippen LogP contribution < -0.4 is 4.74 Å². The summed E-state index contributed by atoms with van der Waals surface area (Å²) >= 11 is 0. The molecular formula is C21H28N2O2. The third-order valence-electron chi connectivity index (χ3n) is 4.97. The van der Waals surface area contributed by atoms with Crippen molar-refractivity contribution in [2.75, 3.05) is 33.3 Å². The van der Waals surface area contributed by atoms with Crippen molar-refractivity contribution in [3.05, 3.63) is 65.7 Å². The van der Waals surface area contributed by atoms with Gasteiger partial charge < -0.3 is 14.7 Å². The van der Waals surface area contributed by atoms with Gasteiger partial charge in [-0.05, 0) is 37.2 Å². The summed E-state index contributed by atoms with van der Waals surface area (Å²) in [7, 11) is 2.15. The van der Waals surface area contributed by atoms with Gasteiger partial charge in [0.15, 0.2) is 0 Å². The topological polar surface area (TPSA) is 35.9 Å². The van der Waals surface area contributed by atoms with Crippen LogP contribution in [0.4, 0.5) is 0 Å². The van der Waals surface area contributed by atoms with Gasteiger partial charge in [-0.1, -0.05) is 42.5 Å². The van der Waals surface area contributed by atoms with Crippen molar-refractivity contribution in [2.24, 2.45) is 0 Å². The molecule has 1 heterocycles. The smallest absolute Gasteiger partial charge is 0.119 e. The van der Waals surface area contributed by atoms with Crippen molar-refractivity contribution in [2.45, 2.75) is 25.6 Å². The second-order valence-corrected chi connectivity index (χ2v) is 6.89. The highest BCUT2D eigenvalue weighted by Crippen LogP contribution is 2.26. The molecule has 0 amide bonds. The fourth-order valence-electron chi connectivity index (χ4n) is 3.55. The highest BCUT2D eigenvalue weighted by atomic mass is 16.5. The van der Waals surface area contributed by atoms with E-state index in [-0.39, 0.29) is 12.6 Å². The minimum absolute atomic E-state index is 0.0480. The molecule has 134 valence electrons. The number of piperazine rings is 1. The summed E-state index contributed by atoms with van der Waals surface area (Å²) < 4.78 is 5.86. The van der Waals surface area contributed by atoms with Crippen molar-refractivity contribution >= 4 is 0 Å². The SMILES string of the molecule is CC1CN(C)CCN1C(CO)c1ccc(OCc2ccccc2)cc1. The van der Waals surface area contributed by atoms with Gasteiger partial charge in [0.05, 0.1) is 12.6 Å². The van der Waals surface area contributed by atoms with Crippen LogP contribution in [-0.2, 0) is 6.61 Å². The molecule has 1 saturated heterocycles. The fourth-order valence-corrected chi connectivity index (χ4v) is 3.55. The van der Waals surface area contributed by atoms with Gasteiger partial charge in [-0.3, -0.25) is 4.90 Å². The number of nitrogens with zero attached hydrogens (tertiary/aromatic N) is 2. The van der Waals surface area contributed by atoms with Gasteiger partial charge in [0.2, 0.25) is 0 Å². The molecule has 0 saturated carbocycles. The highest BCUT2D eigenvalue weighted by molar-refractivity contribution is 5.30. The van der Waals surface area contributed by atoms with Crippen molar-refractivity contribution in [1.82, 2.24) is 9.80 Å². The lowest BCUT2D eigenvalue weighted by Gasteiger charge is -2.42. The summed E-state index contributed by atoms with van der Waals surface area (Å²) in [5.74, 6) is 0.857. The first-order chi connectivity index (χ1) is 12.2. The molecular weight excluding hydrogens is 312 g/mol. The average Bonchev–Trinajstić information content (AvgIpc) is 2.64. The number of aliphatic hydroxyl groups is 1. The van der Waals surface area contributed by atoms with Crippen LogP contribution in [0.25, 0.3) is 0 Å². The van der Waals surface area contributed by atoms with Crippen molar-refractivity contribution in [3.8, 4) is 5.75 Å². The minimum Gasteiger partial charge on any atom is -0.489 e. The quantitative estimate of drug-likeness (QED) is 0.877. The van der Waals surface area contributed by atoms with Gasteiger partial charge >= 0.3 is 0 Å². The normalized spacial score (nSPS) is 20.4. The van der Waals surface area contributed by atoms with E-state index >= 15 is 0 Å². The van der Waals surface area contributed by atoms with E-state index < -0.39 is 0 Å². The first-order valence-corrected chi connectivity index (χ1v) is 8.99. The molecule has 25 heavy (non-hydrogen) atoms. The number of rotatable bonds is 6. The van der Waals surface area contributed by atoms with E-state index in [9.17, 15) is 5.11 Å². The summed E-state index contributed by atoms with van der Waals surface area (Å²) in [6.45, 7) is 6.00. The average molecular weight is 340 g/mol. The van der Waals surface area contributed by atoms with Crippen molar-refractivity contribution in [3.63, 3.8) is 0 Å². The lowest BCUT2D eigenvalue weighted by atomic mass is 10.0. The Balaban J connectivity index is 1.63. The largest absolute Gasteiger partial charge is 0.489 e. The monoisotopic (exact) mass is 340 g/mol. The Kier molecular flexibility index (Phi) is 6.08. The molecule has 1 aliphatic rings. The van der Waals surface area contributed by atoms with Crippen molar-refractivity contribution < 1.29 is 9.84 Å². The highest BCUT2D eigenvalue weighted by Gasteiger charge is 2.28. The molecule has 1 N–H and O–H groups in total. The first-order valence-electron chi connectivity index (χ1n) is 8.99. The van der Waals surface area contributed by atoms with E-state index in [0.29, 0.717) is 12.6 Å². The Bertz CT molecular complexity index is 645. The zero-order chi connectivity index (χ0) is 17.6. The van der Waals surface area contributed by atoms with Gasteiger partial charge in [0, 0.05) is 25.7 Å². The standard InChI is InChI=1S/C21H28N2O2/c1-17-14-22(2)12-13-23(17)21(15-24)19-8-10-20(11-9-19)25-16-18-6-4-3-5-7-18/h3-11,17,21,24H,12-16H2,1-2H3. The van der Waals surface area contributed by atoms with E-state index in [1.54, 1.807) is 0 Å². The van der Waals surface area contributed by atoms with Crippen molar-refractivity contribution in [1.29, 1.82) is 0 Å². The summed E-state index contributed by atoms with van der Waals surface area (Å²) in [5.41, 5.74) is 2.30. The number of ether oxygens (including phenoxy) is 1. The number of likely N-dealkylation sites (N-methyl/N-ethyl adjacent to an activating group) is 1. The maximum absolute atomic E-state index is 9.95.